The normalized spacial score (nSPS) is 20.5. The van der Waals surface area contributed by atoms with Crippen molar-refractivity contribution in [3.05, 3.63) is 11.7 Å². The summed E-state index contributed by atoms with van der Waals surface area (Å²) in [5, 5.41) is 4.06. The monoisotopic (exact) mass is 253 g/mol. The van der Waals surface area contributed by atoms with Crippen LogP contribution in [0.3, 0.4) is 0 Å². The molecular formula is C13H23N3O2. The maximum Gasteiger partial charge on any atom is 0.246 e. The van der Waals surface area contributed by atoms with Crippen LogP contribution in [0.25, 0.3) is 0 Å². The third-order valence-corrected chi connectivity index (χ3v) is 3.57. The van der Waals surface area contributed by atoms with E-state index in [1.165, 1.54) is 0 Å². The van der Waals surface area contributed by atoms with Crippen molar-refractivity contribution in [2.45, 2.75) is 58.1 Å². The molecule has 0 spiro atoms. The Morgan fingerprint density at radius 2 is 2.06 bits per heavy atom. The SMILES string of the molecule is CCOC(c1noc(C2(N)CCCC2)n1)C(C)C. The molecule has 5 nitrogen and oxygen atoms in total. The van der Waals surface area contributed by atoms with E-state index >= 15 is 0 Å². The van der Waals surface area contributed by atoms with Crippen LogP contribution in [-0.4, -0.2) is 16.7 Å². The zero-order valence-electron chi connectivity index (χ0n) is 11.5. The van der Waals surface area contributed by atoms with Crippen LogP contribution in [0, 0.1) is 5.92 Å². The van der Waals surface area contributed by atoms with E-state index in [-0.39, 0.29) is 6.10 Å². The Morgan fingerprint density at radius 3 is 2.61 bits per heavy atom. The Balaban J connectivity index is 2.18. The molecule has 1 aromatic rings. The van der Waals surface area contributed by atoms with Gasteiger partial charge in [-0.3, -0.25) is 0 Å². The average molecular weight is 253 g/mol. The molecule has 0 aromatic carbocycles. The van der Waals surface area contributed by atoms with Gasteiger partial charge in [0.05, 0.1) is 5.54 Å². The van der Waals surface area contributed by atoms with Gasteiger partial charge in [0.15, 0.2) is 0 Å². The Morgan fingerprint density at radius 1 is 1.39 bits per heavy atom. The molecule has 2 N–H and O–H groups in total. The lowest BCUT2D eigenvalue weighted by Gasteiger charge is -2.18. The fraction of sp³-hybridized carbons (Fsp3) is 0.846. The molecule has 102 valence electrons. The first-order valence-electron chi connectivity index (χ1n) is 6.81. The van der Waals surface area contributed by atoms with Crippen LogP contribution in [0.4, 0.5) is 0 Å². The molecule has 1 unspecified atom stereocenters. The number of hydrogen-bond donors (Lipinski definition) is 1. The van der Waals surface area contributed by atoms with Crippen molar-refractivity contribution >= 4 is 0 Å². The standard InChI is InChI=1S/C13H23N3O2/c1-4-17-10(9(2)3)11-15-12(18-16-11)13(14)7-5-6-8-13/h9-10H,4-8,14H2,1-3H3. The van der Waals surface area contributed by atoms with Gasteiger partial charge >= 0.3 is 0 Å². The molecule has 1 aliphatic carbocycles. The van der Waals surface area contributed by atoms with E-state index in [1.807, 2.05) is 6.92 Å². The highest BCUT2D eigenvalue weighted by Gasteiger charge is 2.37. The van der Waals surface area contributed by atoms with Gasteiger partial charge in [-0.2, -0.15) is 4.98 Å². The second kappa shape index (κ2) is 5.36. The molecule has 0 radical (unpaired) electrons. The molecule has 1 heterocycles. The number of rotatable bonds is 5. The number of ether oxygens (including phenoxy) is 1. The largest absolute Gasteiger partial charge is 0.370 e. The summed E-state index contributed by atoms with van der Waals surface area (Å²) < 4.78 is 11.0. The second-order valence-corrected chi connectivity index (χ2v) is 5.44. The maximum absolute atomic E-state index is 6.31. The molecule has 0 aliphatic heterocycles. The Bertz CT molecular complexity index is 383. The fourth-order valence-electron chi connectivity index (χ4n) is 2.52. The van der Waals surface area contributed by atoms with E-state index in [0.29, 0.717) is 24.2 Å². The van der Waals surface area contributed by atoms with Crippen LogP contribution in [0.2, 0.25) is 0 Å². The maximum atomic E-state index is 6.31. The summed E-state index contributed by atoms with van der Waals surface area (Å²) in [5.74, 6) is 1.51. The fourth-order valence-corrected chi connectivity index (χ4v) is 2.52. The van der Waals surface area contributed by atoms with Gasteiger partial charge in [0.25, 0.3) is 0 Å². The number of aromatic nitrogens is 2. The molecule has 1 fully saturated rings. The summed E-state index contributed by atoms with van der Waals surface area (Å²) in [4.78, 5) is 4.48. The van der Waals surface area contributed by atoms with Gasteiger partial charge in [0, 0.05) is 6.61 Å². The van der Waals surface area contributed by atoms with E-state index in [2.05, 4.69) is 24.0 Å². The Labute approximate surface area is 108 Å². The quantitative estimate of drug-likeness (QED) is 0.872. The number of hydrogen-bond acceptors (Lipinski definition) is 5. The summed E-state index contributed by atoms with van der Waals surface area (Å²) in [6.45, 7) is 6.78. The first-order chi connectivity index (χ1) is 8.57. The Kier molecular flexibility index (Phi) is 4.02. The first-order valence-corrected chi connectivity index (χ1v) is 6.81. The molecule has 5 heteroatoms. The van der Waals surface area contributed by atoms with Crippen molar-refractivity contribution in [3.8, 4) is 0 Å². The summed E-state index contributed by atoms with van der Waals surface area (Å²) in [6, 6.07) is 0. The minimum absolute atomic E-state index is 0.113. The van der Waals surface area contributed by atoms with E-state index in [0.717, 1.165) is 25.7 Å². The van der Waals surface area contributed by atoms with Crippen molar-refractivity contribution in [2.24, 2.45) is 11.7 Å². The van der Waals surface area contributed by atoms with Crippen LogP contribution in [0.5, 0.6) is 0 Å². The van der Waals surface area contributed by atoms with Crippen LogP contribution in [-0.2, 0) is 10.3 Å². The Hall–Kier alpha value is -0.940. The zero-order valence-corrected chi connectivity index (χ0v) is 11.5. The molecule has 18 heavy (non-hydrogen) atoms. The average Bonchev–Trinajstić information content (AvgIpc) is 2.95. The van der Waals surface area contributed by atoms with E-state index < -0.39 is 5.54 Å². The smallest absolute Gasteiger partial charge is 0.246 e. The van der Waals surface area contributed by atoms with E-state index in [1.54, 1.807) is 0 Å². The molecule has 1 aromatic heterocycles. The third kappa shape index (κ3) is 2.57. The molecule has 1 saturated carbocycles. The minimum Gasteiger partial charge on any atom is -0.370 e. The number of nitrogens with zero attached hydrogens (tertiary/aromatic N) is 2. The van der Waals surface area contributed by atoms with Gasteiger partial charge < -0.3 is 15.0 Å². The van der Waals surface area contributed by atoms with Crippen molar-refractivity contribution in [1.29, 1.82) is 0 Å². The predicted molar refractivity (Wildman–Crippen MR) is 67.8 cm³/mol. The molecule has 1 atom stereocenters. The molecular weight excluding hydrogens is 230 g/mol. The highest BCUT2D eigenvalue weighted by Crippen LogP contribution is 2.36. The zero-order chi connectivity index (χ0) is 13.2. The van der Waals surface area contributed by atoms with Gasteiger partial charge in [-0.15, -0.1) is 0 Å². The molecule has 2 rings (SSSR count). The summed E-state index contributed by atoms with van der Waals surface area (Å²) in [5.41, 5.74) is 5.89. The van der Waals surface area contributed by atoms with Crippen LogP contribution >= 0.6 is 0 Å². The third-order valence-electron chi connectivity index (χ3n) is 3.57. The van der Waals surface area contributed by atoms with Crippen molar-refractivity contribution in [3.63, 3.8) is 0 Å². The topological polar surface area (TPSA) is 74.2 Å². The van der Waals surface area contributed by atoms with Gasteiger partial charge in [0.1, 0.15) is 6.10 Å². The van der Waals surface area contributed by atoms with Crippen LogP contribution < -0.4 is 5.73 Å². The first kappa shape index (κ1) is 13.5. The lowest BCUT2D eigenvalue weighted by Crippen LogP contribution is -2.33. The van der Waals surface area contributed by atoms with Crippen LogP contribution in [0.1, 0.15) is 64.3 Å². The minimum atomic E-state index is -0.418. The summed E-state index contributed by atoms with van der Waals surface area (Å²) in [6.07, 6.45) is 4.00. The number of nitrogens with two attached hydrogens (primary N) is 1. The highest BCUT2D eigenvalue weighted by molar-refractivity contribution is 5.06. The van der Waals surface area contributed by atoms with Crippen LogP contribution in [0.15, 0.2) is 4.52 Å². The van der Waals surface area contributed by atoms with Crippen molar-refractivity contribution in [1.82, 2.24) is 10.1 Å². The highest BCUT2D eigenvalue weighted by atomic mass is 16.5. The molecule has 1 aliphatic rings. The lowest BCUT2D eigenvalue weighted by molar-refractivity contribution is 0.0217. The van der Waals surface area contributed by atoms with E-state index in [9.17, 15) is 0 Å². The predicted octanol–water partition coefficient (Wildman–Crippen LogP) is 2.53. The van der Waals surface area contributed by atoms with Gasteiger partial charge in [-0.1, -0.05) is 31.8 Å². The summed E-state index contributed by atoms with van der Waals surface area (Å²) in [7, 11) is 0. The molecule has 0 saturated heterocycles. The van der Waals surface area contributed by atoms with Crippen molar-refractivity contribution < 1.29 is 9.26 Å². The van der Waals surface area contributed by atoms with Gasteiger partial charge in [0.2, 0.25) is 11.7 Å². The second-order valence-electron chi connectivity index (χ2n) is 5.44. The summed E-state index contributed by atoms with van der Waals surface area (Å²) >= 11 is 0. The van der Waals surface area contributed by atoms with Gasteiger partial charge in [-0.25, -0.2) is 0 Å². The van der Waals surface area contributed by atoms with Crippen molar-refractivity contribution in [2.75, 3.05) is 6.61 Å². The van der Waals surface area contributed by atoms with E-state index in [4.69, 9.17) is 15.0 Å². The lowest BCUT2D eigenvalue weighted by atomic mass is 9.99. The molecule has 0 bridgehead atoms. The van der Waals surface area contributed by atoms with Gasteiger partial charge in [-0.05, 0) is 25.7 Å². The molecule has 0 amide bonds.